The van der Waals surface area contributed by atoms with Gasteiger partial charge in [0.25, 0.3) is 0 Å². The Morgan fingerprint density at radius 1 is 1.15 bits per heavy atom. The summed E-state index contributed by atoms with van der Waals surface area (Å²) >= 11 is 5.75. The van der Waals surface area contributed by atoms with Gasteiger partial charge in [-0.15, -0.1) is 0 Å². The summed E-state index contributed by atoms with van der Waals surface area (Å²) in [6, 6.07) is 18.6. The Balaban J connectivity index is 1.69. The van der Waals surface area contributed by atoms with Crippen molar-refractivity contribution in [2.75, 3.05) is 13.7 Å². The molecule has 0 spiro atoms. The van der Waals surface area contributed by atoms with Crippen LogP contribution in [0, 0.1) is 13.8 Å². The molecule has 1 fully saturated rings. The third-order valence-corrected chi connectivity index (χ3v) is 6.67. The number of pyridine rings is 1. The number of carbonyl (C=O) groups excluding carboxylic acids is 1. The summed E-state index contributed by atoms with van der Waals surface area (Å²) in [6.45, 7) is 5.81. The van der Waals surface area contributed by atoms with E-state index in [1.54, 1.807) is 0 Å². The quantitative estimate of drug-likeness (QED) is 0.394. The predicted molar refractivity (Wildman–Crippen MR) is 133 cm³/mol. The highest BCUT2D eigenvalue weighted by molar-refractivity contribution is 7.80. The molecule has 172 valence electrons. The van der Waals surface area contributed by atoms with Crippen LogP contribution in [0.5, 0.6) is 0 Å². The molecule has 0 saturated carbocycles. The highest BCUT2D eigenvalue weighted by Crippen LogP contribution is 2.41. The summed E-state index contributed by atoms with van der Waals surface area (Å²) in [5.74, 6) is -0.202. The van der Waals surface area contributed by atoms with E-state index in [1.807, 2.05) is 30.5 Å². The number of nitrogens with zero attached hydrogens (tertiary/aromatic N) is 3. The predicted octanol–water partition coefficient (Wildman–Crippen LogP) is 4.47. The van der Waals surface area contributed by atoms with E-state index >= 15 is 0 Å². The summed E-state index contributed by atoms with van der Waals surface area (Å²) in [6.07, 6.45) is 2.85. The van der Waals surface area contributed by atoms with E-state index in [0.717, 1.165) is 12.2 Å². The number of hydrogen-bond acceptors (Lipinski definition) is 4. The Hall–Kier alpha value is -3.19. The molecule has 1 aliphatic heterocycles. The topological polar surface area (TPSA) is 59.4 Å². The third-order valence-electron chi connectivity index (χ3n) is 6.32. The summed E-state index contributed by atoms with van der Waals surface area (Å²) in [7, 11) is 1.42. The lowest BCUT2D eigenvalue weighted by Gasteiger charge is -2.28. The molecule has 1 saturated heterocycles. The average molecular weight is 463 g/mol. The second-order valence-corrected chi connectivity index (χ2v) is 8.78. The number of thiocarbonyl (C=S) groups is 1. The highest BCUT2D eigenvalue weighted by Gasteiger charge is 2.41. The maximum Gasteiger partial charge on any atom is 0.305 e. The summed E-state index contributed by atoms with van der Waals surface area (Å²) in [5, 5.41) is 4.18. The van der Waals surface area contributed by atoms with Gasteiger partial charge >= 0.3 is 5.97 Å². The minimum atomic E-state index is -0.202. The number of nitrogens with one attached hydrogen (secondary N) is 1. The zero-order valence-electron chi connectivity index (χ0n) is 19.3. The Kier molecular flexibility index (Phi) is 7.08. The fourth-order valence-corrected chi connectivity index (χ4v) is 4.95. The van der Waals surface area contributed by atoms with Gasteiger partial charge in [0, 0.05) is 37.1 Å². The molecule has 6 nitrogen and oxygen atoms in total. The molecule has 7 heteroatoms. The molecule has 1 N–H and O–H groups in total. The molecule has 33 heavy (non-hydrogen) atoms. The van der Waals surface area contributed by atoms with Crippen LogP contribution in [-0.4, -0.2) is 39.2 Å². The normalized spacial score (nSPS) is 17.8. The molecule has 3 aromatic rings. The molecule has 0 aliphatic carbocycles. The second-order valence-electron chi connectivity index (χ2n) is 8.40. The number of ether oxygens (including phenoxy) is 1. The van der Waals surface area contributed by atoms with Crippen molar-refractivity contribution >= 4 is 23.3 Å². The zero-order valence-corrected chi connectivity index (χ0v) is 20.1. The molecule has 0 bridgehead atoms. The Bertz CT molecular complexity index is 1110. The van der Waals surface area contributed by atoms with E-state index in [1.165, 1.54) is 29.6 Å². The van der Waals surface area contributed by atoms with Gasteiger partial charge in [0.1, 0.15) is 0 Å². The molecular weight excluding hydrogens is 432 g/mol. The van der Waals surface area contributed by atoms with Crippen LogP contribution in [0.3, 0.4) is 0 Å². The molecule has 0 radical (unpaired) electrons. The van der Waals surface area contributed by atoms with Gasteiger partial charge in [-0.05, 0) is 61.8 Å². The van der Waals surface area contributed by atoms with E-state index in [9.17, 15) is 4.79 Å². The van der Waals surface area contributed by atoms with Crippen LogP contribution in [0.2, 0.25) is 0 Å². The van der Waals surface area contributed by atoms with E-state index in [2.05, 4.69) is 63.9 Å². The second kappa shape index (κ2) is 10.2. The molecule has 2 aromatic heterocycles. The average Bonchev–Trinajstić information content (AvgIpc) is 3.30. The zero-order chi connectivity index (χ0) is 23.4. The SMILES string of the molecule is COC(=O)CCCN1C(=S)NC(c2ccccn2)C1c1cc(C)n(Cc2ccccc2)c1C. The van der Waals surface area contributed by atoms with Crippen LogP contribution in [0.4, 0.5) is 0 Å². The lowest BCUT2D eigenvalue weighted by Crippen LogP contribution is -2.31. The van der Waals surface area contributed by atoms with Crippen LogP contribution >= 0.6 is 12.2 Å². The van der Waals surface area contributed by atoms with Crippen LogP contribution in [-0.2, 0) is 16.1 Å². The molecular formula is C26H30N4O2S. The number of methoxy groups -OCH3 is 1. The molecule has 1 aromatic carbocycles. The number of hydrogen-bond donors (Lipinski definition) is 1. The smallest absolute Gasteiger partial charge is 0.305 e. The Labute approximate surface area is 200 Å². The summed E-state index contributed by atoms with van der Waals surface area (Å²) in [4.78, 5) is 18.5. The first-order valence-electron chi connectivity index (χ1n) is 11.2. The van der Waals surface area contributed by atoms with Crippen molar-refractivity contribution < 1.29 is 9.53 Å². The minimum absolute atomic E-state index is 0.0132. The minimum Gasteiger partial charge on any atom is -0.469 e. The first kappa shape index (κ1) is 23.0. The van der Waals surface area contributed by atoms with Crippen LogP contribution in [0.1, 0.15) is 53.1 Å². The molecule has 2 atom stereocenters. The number of benzene rings is 1. The number of carbonyl (C=O) groups is 1. The first-order chi connectivity index (χ1) is 16.0. The Morgan fingerprint density at radius 2 is 1.91 bits per heavy atom. The number of rotatable bonds is 8. The van der Waals surface area contributed by atoms with E-state index in [-0.39, 0.29) is 18.1 Å². The number of aromatic nitrogens is 2. The first-order valence-corrected chi connectivity index (χ1v) is 11.7. The van der Waals surface area contributed by atoms with Gasteiger partial charge in [-0.2, -0.15) is 0 Å². The van der Waals surface area contributed by atoms with Crippen LogP contribution in [0.25, 0.3) is 0 Å². The van der Waals surface area contributed by atoms with Crippen LogP contribution in [0.15, 0.2) is 60.8 Å². The molecule has 0 amide bonds. The lowest BCUT2D eigenvalue weighted by atomic mass is 9.96. The van der Waals surface area contributed by atoms with E-state index in [4.69, 9.17) is 17.0 Å². The van der Waals surface area contributed by atoms with Crippen molar-refractivity contribution in [3.05, 3.63) is 89.0 Å². The Morgan fingerprint density at radius 3 is 2.61 bits per heavy atom. The number of esters is 1. The van der Waals surface area contributed by atoms with Gasteiger partial charge < -0.3 is 19.5 Å². The van der Waals surface area contributed by atoms with Crippen molar-refractivity contribution in [1.82, 2.24) is 19.8 Å². The fourth-order valence-electron chi connectivity index (χ4n) is 4.62. The van der Waals surface area contributed by atoms with E-state index < -0.39 is 0 Å². The maximum atomic E-state index is 11.7. The highest BCUT2D eigenvalue weighted by atomic mass is 32.1. The van der Waals surface area contributed by atoms with Crippen molar-refractivity contribution in [3.8, 4) is 0 Å². The monoisotopic (exact) mass is 462 g/mol. The third kappa shape index (κ3) is 4.93. The fraction of sp³-hybridized carbons (Fsp3) is 0.346. The summed E-state index contributed by atoms with van der Waals surface area (Å²) < 4.78 is 7.17. The van der Waals surface area contributed by atoms with Gasteiger partial charge in [0.2, 0.25) is 0 Å². The molecule has 4 rings (SSSR count). The lowest BCUT2D eigenvalue weighted by molar-refractivity contribution is -0.140. The van der Waals surface area contributed by atoms with Crippen molar-refractivity contribution in [2.24, 2.45) is 0 Å². The molecule has 2 unspecified atom stereocenters. The van der Waals surface area contributed by atoms with Gasteiger partial charge in [0.15, 0.2) is 5.11 Å². The van der Waals surface area contributed by atoms with Gasteiger partial charge in [-0.3, -0.25) is 9.78 Å². The van der Waals surface area contributed by atoms with Gasteiger partial charge in [0.05, 0.1) is 24.9 Å². The van der Waals surface area contributed by atoms with Gasteiger partial charge in [-0.1, -0.05) is 36.4 Å². The van der Waals surface area contributed by atoms with Crippen LogP contribution < -0.4 is 5.32 Å². The summed E-state index contributed by atoms with van der Waals surface area (Å²) in [5.41, 5.74) is 5.87. The number of aryl methyl sites for hydroxylation is 1. The maximum absolute atomic E-state index is 11.7. The van der Waals surface area contributed by atoms with Crippen molar-refractivity contribution in [1.29, 1.82) is 0 Å². The standard InChI is InChI=1S/C26H30N4O2S/c1-18-16-21(19(2)30(18)17-20-10-5-4-6-11-20)25-24(22-12-7-8-14-27-22)28-26(33)29(25)15-9-13-23(31)32-3/h4-8,10-12,14,16,24-25H,9,13,15,17H2,1-3H3,(H,28,33). The molecule has 1 aliphatic rings. The van der Waals surface area contributed by atoms with Gasteiger partial charge in [-0.25, -0.2) is 0 Å². The van der Waals surface area contributed by atoms with Crippen molar-refractivity contribution in [3.63, 3.8) is 0 Å². The van der Waals surface area contributed by atoms with E-state index in [0.29, 0.717) is 24.5 Å². The largest absolute Gasteiger partial charge is 0.469 e. The molecule has 3 heterocycles. The van der Waals surface area contributed by atoms with Crippen molar-refractivity contribution in [2.45, 2.75) is 45.3 Å².